The Morgan fingerprint density at radius 1 is 0.828 bits per heavy atom. The monoisotopic (exact) mass is 418 g/mol. The molecule has 0 aliphatic heterocycles. The van der Waals surface area contributed by atoms with Crippen LogP contribution in [0.15, 0.2) is 48.5 Å². The van der Waals surface area contributed by atoms with Gasteiger partial charge in [0.25, 0.3) is 0 Å². The maximum atomic E-state index is 14.5. The number of nitriles is 1. The van der Waals surface area contributed by atoms with E-state index in [1.165, 1.54) is 12.1 Å². The van der Waals surface area contributed by atoms with E-state index in [-0.39, 0.29) is 10.6 Å². The highest BCUT2D eigenvalue weighted by Crippen LogP contribution is 2.46. The van der Waals surface area contributed by atoms with Gasteiger partial charge in [0.1, 0.15) is 17.3 Å². The maximum Gasteiger partial charge on any atom is 0.227 e. The van der Waals surface area contributed by atoms with Gasteiger partial charge in [-0.2, -0.15) is 5.26 Å². The van der Waals surface area contributed by atoms with Crippen LogP contribution in [0, 0.1) is 48.4 Å². The Labute approximate surface area is 165 Å². The first-order chi connectivity index (χ1) is 13.7. The van der Waals surface area contributed by atoms with Crippen LogP contribution in [0.3, 0.4) is 0 Å². The quantitative estimate of drug-likeness (QED) is 0.366. The molecule has 0 aromatic heterocycles. The molecule has 3 nitrogen and oxygen atoms in total. The van der Waals surface area contributed by atoms with Gasteiger partial charge in [0.05, 0.1) is 0 Å². The van der Waals surface area contributed by atoms with Crippen LogP contribution in [0.1, 0.15) is 16.7 Å². The molecule has 3 aromatic carbocycles. The van der Waals surface area contributed by atoms with Gasteiger partial charge in [-0.3, -0.25) is 4.57 Å². The molecule has 0 bridgehead atoms. The van der Waals surface area contributed by atoms with E-state index in [0.29, 0.717) is 0 Å². The van der Waals surface area contributed by atoms with Crippen LogP contribution in [-0.4, -0.2) is 0 Å². The third-order valence-electron chi connectivity index (χ3n) is 4.37. The highest BCUT2D eigenvalue weighted by atomic mass is 31.2. The van der Waals surface area contributed by atoms with Crippen LogP contribution in [0.2, 0.25) is 0 Å². The predicted molar refractivity (Wildman–Crippen MR) is 104 cm³/mol. The van der Waals surface area contributed by atoms with Crippen LogP contribution in [0.25, 0.3) is 0 Å². The summed E-state index contributed by atoms with van der Waals surface area (Å²) in [6.07, 6.45) is 0. The molecular formula is C21H15F4N2OP. The Hall–Kier alpha value is -3.10. The highest BCUT2D eigenvalue weighted by Gasteiger charge is 2.33. The third kappa shape index (κ3) is 3.64. The predicted octanol–water partition coefficient (Wildman–Crippen LogP) is 5.07. The molecule has 3 rings (SSSR count). The lowest BCUT2D eigenvalue weighted by atomic mass is 10.1. The van der Waals surface area contributed by atoms with Crippen molar-refractivity contribution in [3.63, 3.8) is 0 Å². The number of halogens is 4. The normalized spacial score (nSPS) is 11.2. The van der Waals surface area contributed by atoms with Crippen molar-refractivity contribution in [1.82, 2.24) is 0 Å². The molecule has 1 N–H and O–H groups in total. The number of rotatable bonds is 4. The molecule has 0 saturated heterocycles. The minimum atomic E-state index is -3.96. The van der Waals surface area contributed by atoms with Gasteiger partial charge in [-0.25, -0.2) is 17.6 Å². The summed E-state index contributed by atoms with van der Waals surface area (Å²) < 4.78 is 71.2. The van der Waals surface area contributed by atoms with Gasteiger partial charge in [0.2, 0.25) is 7.29 Å². The molecule has 148 valence electrons. The van der Waals surface area contributed by atoms with Gasteiger partial charge in [0.15, 0.2) is 23.3 Å². The number of nitrogens with zero attached hydrogens (tertiary/aromatic N) is 1. The maximum absolute atomic E-state index is 14.5. The Bertz CT molecular complexity index is 1130. The first-order valence-electron chi connectivity index (χ1n) is 8.48. The Morgan fingerprint density at radius 3 is 1.66 bits per heavy atom. The standard InChI is InChI=1S/C21H15F4N2OP/c1-12-5-3-7-14(9-12)29(28,15-8-4-6-13(2)10-15)27-21-19(24)17(22)16(11-26)18(23)20(21)25/h3-10H,1-2H3,(H,27,28). The minimum Gasteiger partial charge on any atom is -0.324 e. The number of anilines is 1. The highest BCUT2D eigenvalue weighted by molar-refractivity contribution is 7.80. The molecule has 8 heteroatoms. The van der Waals surface area contributed by atoms with Crippen molar-refractivity contribution in [3.05, 3.63) is 88.5 Å². The number of aryl methyl sites for hydroxylation is 2. The van der Waals surface area contributed by atoms with E-state index in [9.17, 15) is 22.1 Å². The molecule has 0 unspecified atom stereocenters. The number of hydrogen-bond acceptors (Lipinski definition) is 2. The Balaban J connectivity index is 2.29. The molecular weight excluding hydrogens is 403 g/mol. The summed E-state index contributed by atoms with van der Waals surface area (Å²) in [7, 11) is -3.96. The topological polar surface area (TPSA) is 52.9 Å². The zero-order valence-corrected chi connectivity index (χ0v) is 16.3. The molecule has 0 aliphatic rings. The molecule has 0 aliphatic carbocycles. The van der Waals surface area contributed by atoms with Crippen molar-refractivity contribution >= 4 is 23.6 Å². The smallest absolute Gasteiger partial charge is 0.227 e. The van der Waals surface area contributed by atoms with Crippen LogP contribution >= 0.6 is 7.29 Å². The first kappa shape index (κ1) is 20.6. The third-order valence-corrected chi connectivity index (χ3v) is 6.92. The molecule has 29 heavy (non-hydrogen) atoms. The van der Waals surface area contributed by atoms with E-state index in [1.54, 1.807) is 50.2 Å². The molecule has 0 amide bonds. The summed E-state index contributed by atoms with van der Waals surface area (Å²) in [6, 6.07) is 13.9. The van der Waals surface area contributed by atoms with Crippen molar-refractivity contribution in [3.8, 4) is 6.07 Å². The van der Waals surface area contributed by atoms with Crippen molar-refractivity contribution < 1.29 is 22.1 Å². The van der Waals surface area contributed by atoms with Gasteiger partial charge < -0.3 is 5.09 Å². The second-order valence-corrected chi connectivity index (χ2v) is 8.99. The van der Waals surface area contributed by atoms with Crippen LogP contribution in [-0.2, 0) is 4.57 Å². The van der Waals surface area contributed by atoms with Crippen molar-refractivity contribution in [1.29, 1.82) is 5.26 Å². The van der Waals surface area contributed by atoms with Crippen molar-refractivity contribution in [2.75, 3.05) is 5.09 Å². The number of nitrogens with one attached hydrogen (secondary N) is 1. The molecule has 0 fully saturated rings. The second kappa shape index (κ2) is 7.73. The summed E-state index contributed by atoms with van der Waals surface area (Å²) >= 11 is 0. The summed E-state index contributed by atoms with van der Waals surface area (Å²) in [6.45, 7) is 3.48. The van der Waals surface area contributed by atoms with Gasteiger partial charge in [-0.15, -0.1) is 0 Å². The fourth-order valence-corrected chi connectivity index (χ4v) is 5.34. The van der Waals surface area contributed by atoms with Crippen LogP contribution in [0.5, 0.6) is 0 Å². The molecule has 0 heterocycles. The van der Waals surface area contributed by atoms with E-state index in [0.717, 1.165) is 17.2 Å². The zero-order chi connectivity index (χ0) is 21.3. The number of benzene rings is 3. The van der Waals surface area contributed by atoms with E-state index in [1.807, 2.05) is 0 Å². The fourth-order valence-electron chi connectivity index (χ4n) is 2.91. The van der Waals surface area contributed by atoms with Gasteiger partial charge in [-0.1, -0.05) is 35.4 Å². The first-order valence-corrected chi connectivity index (χ1v) is 10.2. The summed E-state index contributed by atoms with van der Waals surface area (Å²) in [5.74, 6) is -7.34. The number of hydrogen-bond donors (Lipinski definition) is 1. The molecule has 0 saturated carbocycles. The lowest BCUT2D eigenvalue weighted by molar-refractivity contribution is 0.455. The van der Waals surface area contributed by atoms with Crippen molar-refractivity contribution in [2.45, 2.75) is 13.8 Å². The van der Waals surface area contributed by atoms with E-state index >= 15 is 0 Å². The SMILES string of the molecule is Cc1cccc(P(=O)(Nc2c(F)c(F)c(C#N)c(F)c2F)c2cccc(C)c2)c1. The summed E-state index contributed by atoms with van der Waals surface area (Å²) in [4.78, 5) is 0. The average molecular weight is 418 g/mol. The van der Waals surface area contributed by atoms with E-state index < -0.39 is 41.8 Å². The zero-order valence-electron chi connectivity index (χ0n) is 15.4. The van der Waals surface area contributed by atoms with Gasteiger partial charge in [-0.05, 0) is 38.1 Å². The lowest BCUT2D eigenvalue weighted by Crippen LogP contribution is -2.24. The van der Waals surface area contributed by atoms with Crippen molar-refractivity contribution in [2.24, 2.45) is 0 Å². The van der Waals surface area contributed by atoms with Gasteiger partial charge >= 0.3 is 0 Å². The van der Waals surface area contributed by atoms with E-state index in [2.05, 4.69) is 5.09 Å². The fraction of sp³-hybridized carbons (Fsp3) is 0.0952. The van der Waals surface area contributed by atoms with Crippen LogP contribution < -0.4 is 15.7 Å². The largest absolute Gasteiger partial charge is 0.324 e. The Morgan fingerprint density at radius 2 is 1.28 bits per heavy atom. The summed E-state index contributed by atoms with van der Waals surface area (Å²) in [5, 5.41) is 11.4. The lowest BCUT2D eigenvalue weighted by Gasteiger charge is -2.23. The molecule has 3 aromatic rings. The summed E-state index contributed by atoms with van der Waals surface area (Å²) in [5.41, 5.74) is -1.15. The minimum absolute atomic E-state index is 0.201. The van der Waals surface area contributed by atoms with Crippen LogP contribution in [0.4, 0.5) is 23.2 Å². The Kier molecular flexibility index (Phi) is 5.50. The molecule has 0 spiro atoms. The second-order valence-electron chi connectivity index (χ2n) is 6.52. The molecule has 0 radical (unpaired) electrons. The molecule has 0 atom stereocenters. The van der Waals surface area contributed by atoms with E-state index in [4.69, 9.17) is 5.26 Å². The average Bonchev–Trinajstić information content (AvgIpc) is 2.70. The van der Waals surface area contributed by atoms with Gasteiger partial charge in [0, 0.05) is 10.6 Å².